The monoisotopic (exact) mass is 430 g/mol. The average molecular weight is 431 g/mol. The predicted molar refractivity (Wildman–Crippen MR) is 128 cm³/mol. The summed E-state index contributed by atoms with van der Waals surface area (Å²) >= 11 is 0. The van der Waals surface area contributed by atoms with Gasteiger partial charge in [0.25, 0.3) is 11.8 Å². The van der Waals surface area contributed by atoms with Gasteiger partial charge in [-0.25, -0.2) is 0 Å². The number of amides is 2. The molecule has 3 aromatic rings. The molecule has 1 heterocycles. The fraction of sp³-hybridized carbons (Fsp3) is 0.333. The molecule has 1 aliphatic heterocycles. The predicted octanol–water partition coefficient (Wildman–Crippen LogP) is 5.65. The molecule has 4 rings (SSSR count). The number of rotatable bonds is 6. The summed E-state index contributed by atoms with van der Waals surface area (Å²) in [5.41, 5.74) is 1.07. The summed E-state index contributed by atoms with van der Waals surface area (Å²) in [4.78, 5) is 28.1. The molecule has 0 spiro atoms. The van der Waals surface area contributed by atoms with Crippen LogP contribution < -0.4 is 10.1 Å². The Hall–Kier alpha value is -3.34. The van der Waals surface area contributed by atoms with Gasteiger partial charge in [-0.15, -0.1) is 0 Å². The third kappa shape index (κ3) is 5.10. The highest BCUT2D eigenvalue weighted by atomic mass is 16.5. The van der Waals surface area contributed by atoms with E-state index in [9.17, 15) is 9.59 Å². The Morgan fingerprint density at radius 1 is 0.906 bits per heavy atom. The Bertz CT molecular complexity index is 1090. The lowest BCUT2D eigenvalue weighted by Crippen LogP contribution is -2.35. The van der Waals surface area contributed by atoms with E-state index < -0.39 is 6.10 Å². The number of ether oxygens (including phenoxy) is 1. The second kappa shape index (κ2) is 10.3. The van der Waals surface area contributed by atoms with E-state index in [0.29, 0.717) is 23.4 Å². The minimum absolute atomic E-state index is 0.0219. The zero-order valence-corrected chi connectivity index (χ0v) is 18.5. The fourth-order valence-electron chi connectivity index (χ4n) is 4.16. The van der Waals surface area contributed by atoms with Crippen LogP contribution in [0.1, 0.15) is 49.4 Å². The van der Waals surface area contributed by atoms with Crippen molar-refractivity contribution < 1.29 is 14.3 Å². The van der Waals surface area contributed by atoms with Crippen molar-refractivity contribution in [2.24, 2.45) is 0 Å². The number of fused-ring (bicyclic) bond motifs is 1. The Morgan fingerprint density at radius 2 is 1.59 bits per heavy atom. The minimum Gasteiger partial charge on any atom is -0.481 e. The molecule has 1 atom stereocenters. The summed E-state index contributed by atoms with van der Waals surface area (Å²) in [7, 11) is 0. The van der Waals surface area contributed by atoms with Gasteiger partial charge in [-0.3, -0.25) is 9.59 Å². The first-order valence-corrected chi connectivity index (χ1v) is 11.5. The van der Waals surface area contributed by atoms with Crippen molar-refractivity contribution in [3.05, 3.63) is 72.3 Å². The molecule has 3 aromatic carbocycles. The number of para-hydroxylation sites is 1. The van der Waals surface area contributed by atoms with Gasteiger partial charge in [0, 0.05) is 13.1 Å². The number of hydrogen-bond acceptors (Lipinski definition) is 3. The van der Waals surface area contributed by atoms with Crippen LogP contribution >= 0.6 is 0 Å². The van der Waals surface area contributed by atoms with Gasteiger partial charge in [0.2, 0.25) is 0 Å². The minimum atomic E-state index is -0.655. The van der Waals surface area contributed by atoms with Gasteiger partial charge >= 0.3 is 0 Å². The Labute approximate surface area is 189 Å². The van der Waals surface area contributed by atoms with E-state index in [1.54, 1.807) is 12.1 Å². The summed E-state index contributed by atoms with van der Waals surface area (Å²) in [5.74, 6) is 0.377. The molecule has 1 saturated heterocycles. The first kappa shape index (κ1) is 21.9. The van der Waals surface area contributed by atoms with E-state index in [0.717, 1.165) is 49.5 Å². The first-order valence-electron chi connectivity index (χ1n) is 11.5. The van der Waals surface area contributed by atoms with Crippen LogP contribution in [0, 0.1) is 0 Å². The number of carbonyl (C=O) groups excluding carboxylic acids is 2. The molecule has 1 N–H and O–H groups in total. The molecule has 0 aromatic heterocycles. The molecular formula is C27H30N2O3. The summed E-state index contributed by atoms with van der Waals surface area (Å²) in [6.45, 7) is 3.45. The third-order valence-electron chi connectivity index (χ3n) is 5.97. The lowest BCUT2D eigenvalue weighted by atomic mass is 10.1. The maximum absolute atomic E-state index is 13.2. The number of nitrogens with one attached hydrogen (secondary N) is 1. The van der Waals surface area contributed by atoms with Gasteiger partial charge in [0.05, 0.1) is 11.3 Å². The van der Waals surface area contributed by atoms with Gasteiger partial charge < -0.3 is 15.0 Å². The van der Waals surface area contributed by atoms with E-state index in [4.69, 9.17) is 4.74 Å². The van der Waals surface area contributed by atoms with Crippen molar-refractivity contribution in [3.8, 4) is 5.75 Å². The van der Waals surface area contributed by atoms with Crippen LogP contribution in [0.2, 0.25) is 0 Å². The van der Waals surface area contributed by atoms with Gasteiger partial charge in [-0.1, -0.05) is 62.2 Å². The second-order valence-electron chi connectivity index (χ2n) is 8.26. The smallest absolute Gasteiger partial charge is 0.265 e. The molecule has 166 valence electrons. The Balaban J connectivity index is 1.48. The second-order valence-corrected chi connectivity index (χ2v) is 8.26. The summed E-state index contributed by atoms with van der Waals surface area (Å²) in [5, 5.41) is 5.13. The molecule has 32 heavy (non-hydrogen) atoms. The van der Waals surface area contributed by atoms with Crippen molar-refractivity contribution in [1.29, 1.82) is 0 Å². The van der Waals surface area contributed by atoms with Crippen LogP contribution in [0.4, 0.5) is 5.69 Å². The van der Waals surface area contributed by atoms with Gasteiger partial charge in [-0.2, -0.15) is 0 Å². The lowest BCUT2D eigenvalue weighted by molar-refractivity contribution is -0.122. The summed E-state index contributed by atoms with van der Waals surface area (Å²) in [6, 6.07) is 21.1. The van der Waals surface area contributed by atoms with Gasteiger partial charge in [0.15, 0.2) is 6.10 Å². The normalized spacial score (nSPS) is 15.1. The molecule has 0 aliphatic carbocycles. The molecule has 1 aliphatic rings. The van der Waals surface area contributed by atoms with Crippen LogP contribution in [0.15, 0.2) is 66.7 Å². The highest BCUT2D eigenvalue weighted by Gasteiger charge is 2.23. The molecular weight excluding hydrogens is 400 g/mol. The zero-order chi connectivity index (χ0) is 22.3. The van der Waals surface area contributed by atoms with Crippen LogP contribution in [-0.4, -0.2) is 35.9 Å². The quantitative estimate of drug-likeness (QED) is 0.550. The van der Waals surface area contributed by atoms with E-state index in [-0.39, 0.29) is 11.8 Å². The van der Waals surface area contributed by atoms with Crippen LogP contribution in [-0.2, 0) is 4.79 Å². The van der Waals surface area contributed by atoms with E-state index in [1.165, 1.54) is 0 Å². The molecule has 0 saturated carbocycles. The van der Waals surface area contributed by atoms with Crippen molar-refractivity contribution in [3.63, 3.8) is 0 Å². The molecule has 0 bridgehead atoms. The van der Waals surface area contributed by atoms with Crippen LogP contribution in [0.25, 0.3) is 10.8 Å². The van der Waals surface area contributed by atoms with E-state index in [2.05, 4.69) is 5.32 Å². The number of nitrogens with zero attached hydrogens (tertiary/aromatic N) is 1. The number of anilines is 1. The van der Waals surface area contributed by atoms with E-state index >= 15 is 0 Å². The standard InChI is InChI=1S/C27H30N2O3/c1-2-25(32-22-16-15-20-11-5-6-12-21(20)19-22)26(30)28-24-14-8-7-13-23(24)27(31)29-17-9-3-4-10-18-29/h5-8,11-16,19,25H,2-4,9-10,17-18H2,1H3,(H,28,30)/t25-/m0/s1. The number of likely N-dealkylation sites (tertiary alicyclic amines) is 1. The van der Waals surface area contributed by atoms with Gasteiger partial charge in [-0.05, 0) is 54.3 Å². The fourth-order valence-corrected chi connectivity index (χ4v) is 4.16. The molecule has 5 nitrogen and oxygen atoms in total. The molecule has 0 radical (unpaired) electrons. The van der Waals surface area contributed by atoms with Crippen molar-refractivity contribution in [2.75, 3.05) is 18.4 Å². The molecule has 5 heteroatoms. The van der Waals surface area contributed by atoms with Crippen molar-refractivity contribution in [2.45, 2.75) is 45.1 Å². The van der Waals surface area contributed by atoms with Crippen molar-refractivity contribution in [1.82, 2.24) is 4.90 Å². The number of benzene rings is 3. The highest BCUT2D eigenvalue weighted by molar-refractivity contribution is 6.04. The van der Waals surface area contributed by atoms with Gasteiger partial charge in [0.1, 0.15) is 5.75 Å². The molecule has 1 fully saturated rings. The summed E-state index contributed by atoms with van der Waals surface area (Å²) < 4.78 is 6.03. The summed E-state index contributed by atoms with van der Waals surface area (Å²) in [6.07, 6.45) is 4.23. The molecule has 0 unspecified atom stereocenters. The maximum Gasteiger partial charge on any atom is 0.265 e. The zero-order valence-electron chi connectivity index (χ0n) is 18.5. The Morgan fingerprint density at radius 3 is 2.34 bits per heavy atom. The Kier molecular flexibility index (Phi) is 7.05. The number of hydrogen-bond donors (Lipinski definition) is 1. The van der Waals surface area contributed by atoms with Crippen LogP contribution in [0.5, 0.6) is 5.75 Å². The average Bonchev–Trinajstić information content (AvgIpc) is 3.12. The van der Waals surface area contributed by atoms with E-state index in [1.807, 2.05) is 66.4 Å². The topological polar surface area (TPSA) is 58.6 Å². The highest BCUT2D eigenvalue weighted by Crippen LogP contribution is 2.24. The van der Waals surface area contributed by atoms with Crippen molar-refractivity contribution >= 4 is 28.3 Å². The lowest BCUT2D eigenvalue weighted by Gasteiger charge is -2.23. The maximum atomic E-state index is 13.2. The van der Waals surface area contributed by atoms with Crippen LogP contribution in [0.3, 0.4) is 0 Å². The third-order valence-corrected chi connectivity index (χ3v) is 5.97. The SMILES string of the molecule is CC[C@H](Oc1ccc2ccccc2c1)C(=O)Nc1ccccc1C(=O)N1CCCCCC1. The largest absolute Gasteiger partial charge is 0.481 e. The first-order chi connectivity index (χ1) is 15.7. The number of carbonyl (C=O) groups is 2. The molecule has 2 amide bonds.